The molecule has 0 atom stereocenters. The number of imidazole rings is 1. The Kier molecular flexibility index (Phi) is 5.24. The zero-order valence-electron chi connectivity index (χ0n) is 16.5. The van der Waals surface area contributed by atoms with E-state index in [0.717, 1.165) is 27.9 Å². The minimum Gasteiger partial charge on any atom is -0.497 e. The van der Waals surface area contributed by atoms with Crippen LogP contribution in [0.2, 0.25) is 0 Å². The van der Waals surface area contributed by atoms with E-state index in [-0.39, 0.29) is 0 Å². The van der Waals surface area contributed by atoms with Crippen LogP contribution in [0.15, 0.2) is 66.7 Å². The van der Waals surface area contributed by atoms with Gasteiger partial charge in [-0.3, -0.25) is 0 Å². The predicted octanol–water partition coefficient (Wildman–Crippen LogP) is 4.26. The molecular weight excluding hydrogens is 366 g/mol. The first-order valence-electron chi connectivity index (χ1n) is 9.31. The van der Waals surface area contributed by atoms with Crippen LogP contribution in [0, 0.1) is 0 Å². The maximum atomic E-state index is 6.12. The van der Waals surface area contributed by atoms with Crippen molar-refractivity contribution in [3.8, 4) is 17.2 Å². The van der Waals surface area contributed by atoms with Gasteiger partial charge in [-0.1, -0.05) is 30.3 Å². The number of methoxy groups -OCH3 is 2. The van der Waals surface area contributed by atoms with Gasteiger partial charge >= 0.3 is 0 Å². The van der Waals surface area contributed by atoms with Crippen molar-refractivity contribution >= 4 is 17.0 Å². The number of nitrogens with zero attached hydrogens (tertiary/aromatic N) is 2. The molecule has 0 fully saturated rings. The highest BCUT2D eigenvalue weighted by Crippen LogP contribution is 2.30. The summed E-state index contributed by atoms with van der Waals surface area (Å²) in [5.74, 6) is 2.68. The number of nitrogen functional groups attached to an aromatic ring is 1. The fourth-order valence-corrected chi connectivity index (χ4v) is 3.26. The minimum atomic E-state index is 0.443. The summed E-state index contributed by atoms with van der Waals surface area (Å²) in [5, 5.41) is 0. The quantitative estimate of drug-likeness (QED) is 0.511. The van der Waals surface area contributed by atoms with Crippen molar-refractivity contribution in [3.05, 3.63) is 77.9 Å². The number of anilines is 1. The third-order valence-electron chi connectivity index (χ3n) is 4.81. The number of aromatic nitrogens is 2. The van der Waals surface area contributed by atoms with E-state index in [0.29, 0.717) is 30.6 Å². The molecule has 148 valence electrons. The van der Waals surface area contributed by atoms with Crippen molar-refractivity contribution < 1.29 is 14.2 Å². The first kappa shape index (κ1) is 18.7. The molecule has 1 heterocycles. The topological polar surface area (TPSA) is 71.5 Å². The number of ether oxygens (including phenoxy) is 3. The summed E-state index contributed by atoms with van der Waals surface area (Å²) in [6.07, 6.45) is 0. The molecule has 4 rings (SSSR count). The van der Waals surface area contributed by atoms with Crippen molar-refractivity contribution in [2.75, 3.05) is 20.0 Å². The van der Waals surface area contributed by atoms with Gasteiger partial charge in [0, 0.05) is 0 Å². The minimum absolute atomic E-state index is 0.443. The average Bonchev–Trinajstić information content (AvgIpc) is 3.08. The molecule has 4 aromatic rings. The molecule has 0 aliphatic rings. The van der Waals surface area contributed by atoms with E-state index in [4.69, 9.17) is 19.9 Å². The molecule has 0 aliphatic carbocycles. The molecular formula is C23H23N3O3. The zero-order chi connectivity index (χ0) is 20.2. The Morgan fingerprint density at radius 1 is 0.862 bits per heavy atom. The second-order valence-electron chi connectivity index (χ2n) is 6.67. The van der Waals surface area contributed by atoms with E-state index in [2.05, 4.69) is 4.98 Å². The molecule has 0 saturated heterocycles. The van der Waals surface area contributed by atoms with Gasteiger partial charge < -0.3 is 24.5 Å². The number of hydrogen-bond acceptors (Lipinski definition) is 5. The van der Waals surface area contributed by atoms with Gasteiger partial charge in [0.15, 0.2) is 11.5 Å². The lowest BCUT2D eigenvalue weighted by atomic mass is 10.2. The molecule has 0 aliphatic heterocycles. The van der Waals surface area contributed by atoms with Gasteiger partial charge in [0.1, 0.15) is 12.4 Å². The lowest BCUT2D eigenvalue weighted by Gasteiger charge is -2.13. The molecule has 29 heavy (non-hydrogen) atoms. The standard InChI is InChI=1S/C23H23N3O3/c1-27-18-10-7-16(8-11-18)15-29-21-12-9-17(13-22(21)28-2)14-26-20-6-4-3-5-19(20)25-23(26)24/h3-13H,14-15H2,1-2H3,(H2,24,25). The second-order valence-corrected chi connectivity index (χ2v) is 6.67. The van der Waals surface area contributed by atoms with Gasteiger partial charge in [-0.05, 0) is 47.5 Å². The molecule has 0 bridgehead atoms. The Labute approximate surface area is 169 Å². The van der Waals surface area contributed by atoms with Crippen LogP contribution in [0.5, 0.6) is 17.2 Å². The predicted molar refractivity (Wildman–Crippen MR) is 114 cm³/mol. The summed E-state index contributed by atoms with van der Waals surface area (Å²) in [5.41, 5.74) is 10.1. The Morgan fingerprint density at radius 3 is 2.38 bits per heavy atom. The summed E-state index contributed by atoms with van der Waals surface area (Å²) < 4.78 is 18.7. The third kappa shape index (κ3) is 3.96. The number of fused-ring (bicyclic) bond motifs is 1. The van der Waals surface area contributed by atoms with E-state index in [1.54, 1.807) is 14.2 Å². The van der Waals surface area contributed by atoms with Gasteiger partial charge in [-0.15, -0.1) is 0 Å². The fourth-order valence-electron chi connectivity index (χ4n) is 3.26. The molecule has 6 nitrogen and oxygen atoms in total. The number of para-hydroxylation sites is 2. The van der Waals surface area contributed by atoms with E-state index in [9.17, 15) is 0 Å². The van der Waals surface area contributed by atoms with Crippen molar-refractivity contribution in [1.82, 2.24) is 9.55 Å². The van der Waals surface area contributed by atoms with E-state index >= 15 is 0 Å². The third-order valence-corrected chi connectivity index (χ3v) is 4.81. The highest BCUT2D eigenvalue weighted by atomic mass is 16.5. The first-order chi connectivity index (χ1) is 14.2. The van der Waals surface area contributed by atoms with E-state index in [1.165, 1.54) is 0 Å². The van der Waals surface area contributed by atoms with Crippen molar-refractivity contribution in [2.24, 2.45) is 0 Å². The van der Waals surface area contributed by atoms with Crippen LogP contribution in [0.3, 0.4) is 0 Å². The molecule has 0 amide bonds. The van der Waals surface area contributed by atoms with Crippen LogP contribution >= 0.6 is 0 Å². The molecule has 6 heteroatoms. The van der Waals surface area contributed by atoms with Crippen LogP contribution in [0.4, 0.5) is 5.95 Å². The number of nitrogens with two attached hydrogens (primary N) is 1. The van der Waals surface area contributed by atoms with Crippen LogP contribution in [0.25, 0.3) is 11.0 Å². The van der Waals surface area contributed by atoms with Crippen molar-refractivity contribution in [2.45, 2.75) is 13.2 Å². The number of benzene rings is 3. The van der Waals surface area contributed by atoms with Crippen LogP contribution in [-0.4, -0.2) is 23.8 Å². The molecule has 1 aromatic heterocycles. The highest BCUT2D eigenvalue weighted by molar-refractivity contribution is 5.78. The molecule has 0 unspecified atom stereocenters. The van der Waals surface area contributed by atoms with E-state index in [1.807, 2.05) is 71.3 Å². The van der Waals surface area contributed by atoms with Gasteiger partial charge in [0.25, 0.3) is 0 Å². The monoisotopic (exact) mass is 389 g/mol. The zero-order valence-corrected chi connectivity index (χ0v) is 16.5. The maximum absolute atomic E-state index is 6.12. The Balaban J connectivity index is 1.52. The van der Waals surface area contributed by atoms with Crippen LogP contribution in [0.1, 0.15) is 11.1 Å². The maximum Gasteiger partial charge on any atom is 0.201 e. The molecule has 3 aromatic carbocycles. The largest absolute Gasteiger partial charge is 0.497 e. The average molecular weight is 389 g/mol. The summed E-state index contributed by atoms with van der Waals surface area (Å²) in [7, 11) is 3.29. The van der Waals surface area contributed by atoms with Crippen molar-refractivity contribution in [1.29, 1.82) is 0 Å². The fraction of sp³-hybridized carbons (Fsp3) is 0.174. The Bertz CT molecular complexity index is 1120. The molecule has 0 radical (unpaired) electrons. The second kappa shape index (κ2) is 8.14. The smallest absolute Gasteiger partial charge is 0.201 e. The number of hydrogen-bond donors (Lipinski definition) is 1. The van der Waals surface area contributed by atoms with Gasteiger partial charge in [0.05, 0.1) is 31.8 Å². The molecule has 2 N–H and O–H groups in total. The van der Waals surface area contributed by atoms with Gasteiger partial charge in [-0.25, -0.2) is 4.98 Å². The van der Waals surface area contributed by atoms with Gasteiger partial charge in [-0.2, -0.15) is 0 Å². The summed E-state index contributed by atoms with van der Waals surface area (Å²) in [6.45, 7) is 1.04. The Hall–Kier alpha value is -3.67. The normalized spacial score (nSPS) is 10.8. The summed E-state index contributed by atoms with van der Waals surface area (Å²) in [4.78, 5) is 4.42. The highest BCUT2D eigenvalue weighted by Gasteiger charge is 2.11. The summed E-state index contributed by atoms with van der Waals surface area (Å²) >= 11 is 0. The van der Waals surface area contributed by atoms with Crippen molar-refractivity contribution in [3.63, 3.8) is 0 Å². The lowest BCUT2D eigenvalue weighted by molar-refractivity contribution is 0.284. The molecule has 0 spiro atoms. The molecule has 0 saturated carbocycles. The van der Waals surface area contributed by atoms with Gasteiger partial charge in [0.2, 0.25) is 5.95 Å². The first-order valence-corrected chi connectivity index (χ1v) is 9.31. The lowest BCUT2D eigenvalue weighted by Crippen LogP contribution is -2.05. The number of rotatable bonds is 7. The summed E-state index contributed by atoms with van der Waals surface area (Å²) in [6, 6.07) is 21.6. The Morgan fingerprint density at radius 2 is 1.62 bits per heavy atom. The van der Waals surface area contributed by atoms with Crippen LogP contribution < -0.4 is 19.9 Å². The van der Waals surface area contributed by atoms with Crippen LogP contribution in [-0.2, 0) is 13.2 Å². The van der Waals surface area contributed by atoms with E-state index < -0.39 is 0 Å². The SMILES string of the molecule is COc1ccc(COc2ccc(Cn3c(N)nc4ccccc43)cc2OC)cc1.